The van der Waals surface area contributed by atoms with Crippen molar-refractivity contribution in [2.75, 3.05) is 33.3 Å². The van der Waals surface area contributed by atoms with Gasteiger partial charge in [0.1, 0.15) is 18.0 Å². The van der Waals surface area contributed by atoms with Crippen LogP contribution in [-0.4, -0.2) is 57.7 Å². The summed E-state index contributed by atoms with van der Waals surface area (Å²) in [5.41, 5.74) is 1.28. The maximum atomic E-state index is 8.96. The normalized spacial score (nSPS) is 15.5. The molecule has 1 fully saturated rings. The number of nitrogens with zero attached hydrogens (tertiary/aromatic N) is 6. The van der Waals surface area contributed by atoms with Crippen LogP contribution in [0.4, 0.5) is 0 Å². The molecule has 0 atom stereocenters. The summed E-state index contributed by atoms with van der Waals surface area (Å²) in [6.07, 6.45) is 5.04. The minimum atomic E-state index is 0.268. The Morgan fingerprint density at radius 2 is 2.18 bits per heavy atom. The van der Waals surface area contributed by atoms with E-state index < -0.39 is 0 Å². The molecule has 22 heavy (non-hydrogen) atoms. The maximum absolute atomic E-state index is 8.96. The van der Waals surface area contributed by atoms with Crippen molar-refractivity contribution >= 4 is 0 Å². The van der Waals surface area contributed by atoms with Crippen LogP contribution in [0, 0.1) is 11.3 Å². The highest BCUT2D eigenvalue weighted by atomic mass is 16.5. The van der Waals surface area contributed by atoms with Gasteiger partial charge in [-0.05, 0) is 0 Å². The summed E-state index contributed by atoms with van der Waals surface area (Å²) in [5.74, 6) is 0.708. The van der Waals surface area contributed by atoms with Gasteiger partial charge >= 0.3 is 0 Å². The number of rotatable bonds is 4. The Bertz CT molecular complexity index is 685. The fourth-order valence-corrected chi connectivity index (χ4v) is 2.37. The zero-order valence-corrected chi connectivity index (χ0v) is 12.4. The highest BCUT2D eigenvalue weighted by Gasteiger charge is 2.13. The first-order valence-corrected chi connectivity index (χ1v) is 7.07. The fourth-order valence-electron chi connectivity index (χ4n) is 2.37. The van der Waals surface area contributed by atoms with Crippen LogP contribution in [0.2, 0.25) is 0 Å². The monoisotopic (exact) mass is 299 g/mol. The number of methoxy groups -OCH3 is 1. The van der Waals surface area contributed by atoms with Crippen LogP contribution in [0.25, 0.3) is 5.95 Å². The third kappa shape index (κ3) is 3.05. The van der Waals surface area contributed by atoms with Gasteiger partial charge in [0.25, 0.3) is 0 Å². The van der Waals surface area contributed by atoms with Crippen LogP contribution in [0.5, 0.6) is 5.88 Å². The van der Waals surface area contributed by atoms with Gasteiger partial charge in [-0.2, -0.15) is 10.2 Å². The second kappa shape index (κ2) is 6.51. The van der Waals surface area contributed by atoms with E-state index in [0.717, 1.165) is 38.4 Å². The van der Waals surface area contributed by atoms with E-state index in [9.17, 15) is 0 Å². The van der Waals surface area contributed by atoms with Crippen molar-refractivity contribution in [3.05, 3.63) is 30.0 Å². The Morgan fingerprint density at radius 1 is 1.36 bits per heavy atom. The number of ether oxygens (including phenoxy) is 1. The molecule has 2 aromatic rings. The number of piperazine rings is 1. The lowest BCUT2D eigenvalue weighted by atomic mass is 10.3. The Labute approximate surface area is 128 Å². The lowest BCUT2D eigenvalue weighted by molar-refractivity contribution is 0.231. The molecule has 8 heteroatoms. The van der Waals surface area contributed by atoms with Crippen molar-refractivity contribution < 1.29 is 4.74 Å². The molecule has 0 aromatic carbocycles. The van der Waals surface area contributed by atoms with Crippen LogP contribution < -0.4 is 10.1 Å². The molecule has 1 saturated heterocycles. The molecule has 2 aromatic heterocycles. The lowest BCUT2D eigenvalue weighted by Crippen LogP contribution is -2.42. The first-order chi connectivity index (χ1) is 10.8. The topological polar surface area (TPSA) is 91.9 Å². The lowest BCUT2D eigenvalue weighted by Gasteiger charge is -2.26. The summed E-state index contributed by atoms with van der Waals surface area (Å²) >= 11 is 0. The summed E-state index contributed by atoms with van der Waals surface area (Å²) in [6, 6.07) is 2.00. The number of nitrogens with one attached hydrogen (secondary N) is 1. The zero-order valence-electron chi connectivity index (χ0n) is 12.4. The highest BCUT2D eigenvalue weighted by molar-refractivity contribution is 5.37. The first kappa shape index (κ1) is 14.4. The van der Waals surface area contributed by atoms with Crippen LogP contribution in [0.1, 0.15) is 11.3 Å². The number of imidazole rings is 1. The summed E-state index contributed by atoms with van der Waals surface area (Å²) in [5, 5.41) is 12.3. The van der Waals surface area contributed by atoms with Crippen LogP contribution >= 0.6 is 0 Å². The van der Waals surface area contributed by atoms with Gasteiger partial charge in [0, 0.05) is 38.9 Å². The van der Waals surface area contributed by atoms with E-state index in [4.69, 9.17) is 10.00 Å². The molecular formula is C14H17N7O. The molecule has 1 N–H and O–H groups in total. The molecule has 0 aliphatic carbocycles. The SMILES string of the molecule is COc1nc(-n2cnc(CN3CCNCC3)c2)ncc1C#N. The van der Waals surface area contributed by atoms with Gasteiger partial charge in [0.05, 0.1) is 19.0 Å². The quantitative estimate of drug-likeness (QED) is 0.846. The van der Waals surface area contributed by atoms with E-state index in [0.29, 0.717) is 11.5 Å². The first-order valence-electron chi connectivity index (χ1n) is 7.07. The molecule has 114 valence electrons. The molecule has 3 heterocycles. The van der Waals surface area contributed by atoms with Gasteiger partial charge in [0.2, 0.25) is 11.8 Å². The molecule has 0 bridgehead atoms. The third-order valence-electron chi connectivity index (χ3n) is 3.52. The van der Waals surface area contributed by atoms with E-state index in [1.165, 1.54) is 13.3 Å². The summed E-state index contributed by atoms with van der Waals surface area (Å²) < 4.78 is 6.84. The molecule has 0 spiro atoms. The molecule has 1 aliphatic heterocycles. The van der Waals surface area contributed by atoms with Crippen molar-refractivity contribution in [2.45, 2.75) is 6.54 Å². The Hall–Kier alpha value is -2.50. The largest absolute Gasteiger partial charge is 0.480 e. The predicted molar refractivity (Wildman–Crippen MR) is 78.6 cm³/mol. The fraction of sp³-hybridized carbons (Fsp3) is 0.429. The van der Waals surface area contributed by atoms with Crippen molar-refractivity contribution in [3.63, 3.8) is 0 Å². The average Bonchev–Trinajstić information content (AvgIpc) is 3.03. The molecule has 8 nitrogen and oxygen atoms in total. The van der Waals surface area contributed by atoms with Crippen LogP contribution in [0.15, 0.2) is 18.7 Å². The molecule has 0 saturated carbocycles. The molecular weight excluding hydrogens is 282 g/mol. The minimum absolute atomic E-state index is 0.268. The van der Waals surface area contributed by atoms with Crippen molar-refractivity contribution in [1.82, 2.24) is 29.7 Å². The Balaban J connectivity index is 1.77. The van der Waals surface area contributed by atoms with Crippen LogP contribution in [0.3, 0.4) is 0 Å². The number of hydrogen-bond donors (Lipinski definition) is 1. The van der Waals surface area contributed by atoms with Gasteiger partial charge < -0.3 is 10.1 Å². The number of aromatic nitrogens is 4. The van der Waals surface area contributed by atoms with Gasteiger partial charge in [0.15, 0.2) is 0 Å². The van der Waals surface area contributed by atoms with Crippen molar-refractivity contribution in [1.29, 1.82) is 5.26 Å². The summed E-state index contributed by atoms with van der Waals surface area (Å²) in [4.78, 5) is 15.2. The second-order valence-corrected chi connectivity index (χ2v) is 5.00. The van der Waals surface area contributed by atoms with Gasteiger partial charge in [-0.15, -0.1) is 0 Å². The van der Waals surface area contributed by atoms with Gasteiger partial charge in [-0.1, -0.05) is 0 Å². The molecule has 0 radical (unpaired) electrons. The zero-order chi connectivity index (χ0) is 15.4. The van der Waals surface area contributed by atoms with Gasteiger partial charge in [-0.3, -0.25) is 9.47 Å². The standard InChI is InChI=1S/C14H17N7O/c1-22-13-11(6-15)7-17-14(19-13)21-9-12(18-10-21)8-20-4-2-16-3-5-20/h7,9-10,16H,2-5,8H2,1H3. The number of hydrogen-bond acceptors (Lipinski definition) is 7. The minimum Gasteiger partial charge on any atom is -0.480 e. The highest BCUT2D eigenvalue weighted by Crippen LogP contribution is 2.15. The van der Waals surface area contributed by atoms with E-state index in [-0.39, 0.29) is 5.88 Å². The Kier molecular flexibility index (Phi) is 4.27. The predicted octanol–water partition coefficient (Wildman–Crippen LogP) is -0.0522. The van der Waals surface area contributed by atoms with Crippen molar-refractivity contribution in [3.8, 4) is 17.9 Å². The maximum Gasteiger partial charge on any atom is 0.238 e. The third-order valence-corrected chi connectivity index (χ3v) is 3.52. The molecule has 1 aliphatic rings. The molecule has 3 rings (SSSR count). The molecule has 0 unspecified atom stereocenters. The van der Waals surface area contributed by atoms with E-state index in [2.05, 4.69) is 25.2 Å². The van der Waals surface area contributed by atoms with E-state index in [1.54, 1.807) is 10.9 Å². The summed E-state index contributed by atoms with van der Waals surface area (Å²) in [6.45, 7) is 4.87. The Morgan fingerprint density at radius 3 is 2.91 bits per heavy atom. The summed E-state index contributed by atoms with van der Waals surface area (Å²) in [7, 11) is 1.48. The number of nitriles is 1. The second-order valence-electron chi connectivity index (χ2n) is 5.00. The van der Waals surface area contributed by atoms with Crippen molar-refractivity contribution in [2.24, 2.45) is 0 Å². The van der Waals surface area contributed by atoms with E-state index >= 15 is 0 Å². The average molecular weight is 299 g/mol. The van der Waals surface area contributed by atoms with E-state index in [1.807, 2.05) is 12.3 Å². The molecule has 0 amide bonds. The smallest absolute Gasteiger partial charge is 0.238 e. The van der Waals surface area contributed by atoms with Crippen LogP contribution in [-0.2, 0) is 6.54 Å². The van der Waals surface area contributed by atoms with Gasteiger partial charge in [-0.25, -0.2) is 9.97 Å².